The lowest BCUT2D eigenvalue weighted by atomic mass is 10.2. The molecule has 1 amide bonds. The average molecular weight is 241 g/mol. The maximum absolute atomic E-state index is 11.7. The lowest BCUT2D eigenvalue weighted by Gasteiger charge is -2.19. The zero-order chi connectivity index (χ0) is 12.4. The van der Waals surface area contributed by atoms with Gasteiger partial charge in [0.2, 0.25) is 10.0 Å². The summed E-state index contributed by atoms with van der Waals surface area (Å²) < 4.78 is 24.5. The smallest absolute Gasteiger partial charge is 0.264 e. The van der Waals surface area contributed by atoms with Crippen molar-refractivity contribution in [2.45, 2.75) is 25.5 Å². The Hall–Kier alpha value is -1.36. The lowest BCUT2D eigenvalue weighted by molar-refractivity contribution is 0.0980. The minimum atomic E-state index is -3.64. The summed E-state index contributed by atoms with van der Waals surface area (Å²) in [7, 11) is -3.64. The van der Waals surface area contributed by atoms with E-state index in [2.05, 4.69) is 0 Å². The molecule has 0 spiro atoms. The predicted molar refractivity (Wildman–Crippen MR) is 62.6 cm³/mol. The first kappa shape index (κ1) is 12.7. The Labute approximate surface area is 95.7 Å². The van der Waals surface area contributed by atoms with Gasteiger partial charge in [0, 0.05) is 5.56 Å². The molecule has 0 saturated heterocycles. The largest absolute Gasteiger partial charge is 0.268 e. The number of amides is 1. The molecule has 0 aliphatic heterocycles. The van der Waals surface area contributed by atoms with Crippen molar-refractivity contribution >= 4 is 15.9 Å². The van der Waals surface area contributed by atoms with Crippen molar-refractivity contribution in [2.75, 3.05) is 0 Å². The fraction of sp³-hybridized carbons (Fsp3) is 0.364. The van der Waals surface area contributed by atoms with E-state index in [1.54, 1.807) is 30.3 Å². The molecule has 0 atom stereocenters. The first-order chi connectivity index (χ1) is 7.24. The highest BCUT2D eigenvalue weighted by Crippen LogP contribution is 2.13. The third-order valence-electron chi connectivity index (χ3n) is 2.07. The topological polar surface area (TPSA) is 63.2 Å². The number of hydrogen-bond acceptors (Lipinski definition) is 3. The molecule has 0 fully saturated rings. The normalized spacial score (nSPS) is 12.2. The first-order valence-corrected chi connectivity index (χ1v) is 6.34. The molecule has 0 unspecified atom stereocenters. The molecule has 88 valence electrons. The van der Waals surface area contributed by atoms with Gasteiger partial charge < -0.3 is 0 Å². The molecule has 0 saturated carbocycles. The van der Waals surface area contributed by atoms with Crippen LogP contribution in [-0.4, -0.2) is 19.1 Å². The van der Waals surface area contributed by atoms with Gasteiger partial charge in [-0.3, -0.25) is 4.79 Å². The van der Waals surface area contributed by atoms with E-state index >= 15 is 0 Å². The molecule has 0 aromatic heterocycles. The van der Waals surface area contributed by atoms with E-state index in [-0.39, 0.29) is 0 Å². The molecule has 1 aromatic carbocycles. The number of benzene rings is 1. The third-order valence-corrected chi connectivity index (χ3v) is 4.14. The number of sulfonamides is 1. The molecular formula is C11H15NO3S. The van der Waals surface area contributed by atoms with Crippen molar-refractivity contribution in [3.63, 3.8) is 0 Å². The molecule has 16 heavy (non-hydrogen) atoms. The Kier molecular flexibility index (Phi) is 3.38. The number of rotatable bonds is 2. The minimum absolute atomic E-state index is 0.329. The first-order valence-electron chi connectivity index (χ1n) is 4.86. The highest BCUT2D eigenvalue weighted by molar-refractivity contribution is 7.91. The minimum Gasteiger partial charge on any atom is -0.268 e. The van der Waals surface area contributed by atoms with Gasteiger partial charge in [0.1, 0.15) is 0 Å². The Morgan fingerprint density at radius 2 is 1.62 bits per heavy atom. The molecule has 0 bridgehead atoms. The van der Waals surface area contributed by atoms with Crippen LogP contribution in [0.3, 0.4) is 0 Å². The van der Waals surface area contributed by atoms with Crippen LogP contribution in [0.25, 0.3) is 0 Å². The van der Waals surface area contributed by atoms with E-state index in [1.807, 2.05) is 4.72 Å². The Bertz CT molecular complexity index is 472. The summed E-state index contributed by atoms with van der Waals surface area (Å²) >= 11 is 0. The van der Waals surface area contributed by atoms with Crippen LogP contribution in [0.15, 0.2) is 30.3 Å². The fourth-order valence-electron chi connectivity index (χ4n) is 0.924. The van der Waals surface area contributed by atoms with Crippen LogP contribution >= 0.6 is 0 Å². The van der Waals surface area contributed by atoms with Gasteiger partial charge in [0.05, 0.1) is 4.75 Å². The van der Waals surface area contributed by atoms with Gasteiger partial charge in [-0.25, -0.2) is 13.1 Å². The second-order valence-corrected chi connectivity index (χ2v) is 6.85. The van der Waals surface area contributed by atoms with Crippen molar-refractivity contribution in [3.8, 4) is 0 Å². The summed E-state index contributed by atoms with van der Waals surface area (Å²) in [6, 6.07) is 8.24. The van der Waals surface area contributed by atoms with Crippen molar-refractivity contribution in [1.29, 1.82) is 0 Å². The quantitative estimate of drug-likeness (QED) is 0.854. The zero-order valence-corrected chi connectivity index (χ0v) is 10.3. The predicted octanol–water partition coefficient (Wildman–Crippen LogP) is 1.54. The average Bonchev–Trinajstić information content (AvgIpc) is 2.16. The second kappa shape index (κ2) is 4.25. The van der Waals surface area contributed by atoms with Crippen LogP contribution in [0.5, 0.6) is 0 Å². The van der Waals surface area contributed by atoms with Gasteiger partial charge in [0.25, 0.3) is 5.91 Å². The Balaban J connectivity index is 2.89. The molecular weight excluding hydrogens is 226 g/mol. The van der Waals surface area contributed by atoms with Gasteiger partial charge in [-0.1, -0.05) is 18.2 Å². The third kappa shape index (κ3) is 2.82. The molecule has 0 aliphatic rings. The maximum atomic E-state index is 11.7. The van der Waals surface area contributed by atoms with Crippen LogP contribution in [0.1, 0.15) is 31.1 Å². The van der Waals surface area contributed by atoms with Gasteiger partial charge in [-0.2, -0.15) is 0 Å². The molecule has 1 N–H and O–H groups in total. The van der Waals surface area contributed by atoms with Crippen LogP contribution < -0.4 is 4.72 Å². The van der Waals surface area contributed by atoms with Crippen molar-refractivity contribution in [2.24, 2.45) is 0 Å². The highest BCUT2D eigenvalue weighted by atomic mass is 32.2. The summed E-state index contributed by atoms with van der Waals surface area (Å²) in [6.07, 6.45) is 0. The van der Waals surface area contributed by atoms with E-state index in [4.69, 9.17) is 0 Å². The summed E-state index contributed by atoms with van der Waals surface area (Å²) in [5.41, 5.74) is 0.329. The van der Waals surface area contributed by atoms with Crippen molar-refractivity contribution in [3.05, 3.63) is 35.9 Å². The zero-order valence-electron chi connectivity index (χ0n) is 9.52. The van der Waals surface area contributed by atoms with Gasteiger partial charge in [-0.05, 0) is 32.9 Å². The maximum Gasteiger partial charge on any atom is 0.264 e. The van der Waals surface area contributed by atoms with Crippen LogP contribution in [-0.2, 0) is 10.0 Å². The molecule has 0 aliphatic carbocycles. The highest BCUT2D eigenvalue weighted by Gasteiger charge is 2.30. The molecule has 5 heteroatoms. The summed E-state index contributed by atoms with van der Waals surface area (Å²) in [5, 5.41) is 0. The van der Waals surface area contributed by atoms with Gasteiger partial charge in [-0.15, -0.1) is 0 Å². The van der Waals surface area contributed by atoms with Crippen LogP contribution in [0.2, 0.25) is 0 Å². The number of carbonyl (C=O) groups is 1. The van der Waals surface area contributed by atoms with Crippen LogP contribution in [0.4, 0.5) is 0 Å². The molecule has 0 radical (unpaired) electrons. The summed E-state index contributed by atoms with van der Waals surface area (Å²) in [4.78, 5) is 11.6. The Morgan fingerprint density at radius 3 is 2.06 bits per heavy atom. The van der Waals surface area contributed by atoms with Gasteiger partial charge in [0.15, 0.2) is 0 Å². The molecule has 1 rings (SSSR count). The van der Waals surface area contributed by atoms with Crippen LogP contribution in [0, 0.1) is 0 Å². The van der Waals surface area contributed by atoms with E-state index in [1.165, 1.54) is 20.8 Å². The van der Waals surface area contributed by atoms with Gasteiger partial charge >= 0.3 is 0 Å². The number of nitrogens with one attached hydrogen (secondary N) is 1. The Morgan fingerprint density at radius 1 is 1.12 bits per heavy atom. The molecule has 4 nitrogen and oxygen atoms in total. The molecule has 0 heterocycles. The monoisotopic (exact) mass is 241 g/mol. The van der Waals surface area contributed by atoms with E-state index in [9.17, 15) is 13.2 Å². The van der Waals surface area contributed by atoms with Crippen molar-refractivity contribution in [1.82, 2.24) is 4.72 Å². The van der Waals surface area contributed by atoms with E-state index < -0.39 is 20.7 Å². The second-order valence-electron chi connectivity index (χ2n) is 4.41. The van der Waals surface area contributed by atoms with E-state index in [0.717, 1.165) is 0 Å². The lowest BCUT2D eigenvalue weighted by Crippen LogP contribution is -2.42. The summed E-state index contributed by atoms with van der Waals surface area (Å²) in [5.74, 6) is -0.601. The number of carbonyl (C=O) groups excluding carboxylic acids is 1. The SMILES string of the molecule is CC(C)(C)S(=O)(=O)NC(=O)c1ccccc1. The van der Waals surface area contributed by atoms with Crippen molar-refractivity contribution < 1.29 is 13.2 Å². The fourth-order valence-corrected chi connectivity index (χ4v) is 1.59. The molecule has 1 aromatic rings. The number of hydrogen-bond donors (Lipinski definition) is 1. The van der Waals surface area contributed by atoms with E-state index in [0.29, 0.717) is 5.56 Å². The summed E-state index contributed by atoms with van der Waals surface area (Å²) in [6.45, 7) is 4.61. The standard InChI is InChI=1S/C11H15NO3S/c1-11(2,3)16(14,15)12-10(13)9-7-5-4-6-8-9/h4-8H,1-3H3,(H,12,13).